The molecular formula is C16H9N3O. The average molecular weight is 259 g/mol. The normalized spacial score (nSPS) is 12.0. The number of nitrogens with one attached hydrogen (secondary N) is 1. The Morgan fingerprint density at radius 2 is 1.85 bits per heavy atom. The number of benzene rings is 2. The van der Waals surface area contributed by atoms with E-state index < -0.39 is 0 Å². The van der Waals surface area contributed by atoms with Crippen LogP contribution in [0.5, 0.6) is 0 Å². The van der Waals surface area contributed by atoms with Crippen LogP contribution in [-0.2, 0) is 0 Å². The van der Waals surface area contributed by atoms with Crippen molar-refractivity contribution in [3.05, 3.63) is 48.9 Å². The predicted octanol–water partition coefficient (Wildman–Crippen LogP) is 4.01. The van der Waals surface area contributed by atoms with Gasteiger partial charge in [-0.3, -0.25) is 0 Å². The molecule has 1 N–H and O–H groups in total. The standard InChI is InChI=1S/C16H9N3O/c1-2-4-14-9(3-1)10-5-12-11(6-15(10)20-14)16-13(19-12)7-17-8-18-16/h1-8,19H. The van der Waals surface area contributed by atoms with E-state index in [0.717, 1.165) is 43.9 Å². The Bertz CT molecular complexity index is 1010. The zero-order valence-electron chi connectivity index (χ0n) is 10.4. The van der Waals surface area contributed by atoms with E-state index in [1.807, 2.05) is 18.2 Å². The highest BCUT2D eigenvalue weighted by molar-refractivity contribution is 6.14. The van der Waals surface area contributed by atoms with E-state index in [1.54, 1.807) is 12.5 Å². The minimum absolute atomic E-state index is 0.887. The molecule has 0 saturated heterocycles. The third kappa shape index (κ3) is 1.15. The minimum Gasteiger partial charge on any atom is -0.456 e. The summed E-state index contributed by atoms with van der Waals surface area (Å²) in [5.74, 6) is 0. The number of aromatic nitrogens is 3. The molecule has 4 heteroatoms. The van der Waals surface area contributed by atoms with E-state index in [9.17, 15) is 0 Å². The lowest BCUT2D eigenvalue weighted by atomic mass is 10.1. The Morgan fingerprint density at radius 1 is 0.900 bits per heavy atom. The molecule has 0 bridgehead atoms. The number of fused-ring (bicyclic) bond motifs is 6. The number of nitrogens with zero attached hydrogens (tertiary/aromatic N) is 2. The summed E-state index contributed by atoms with van der Waals surface area (Å²) in [5.41, 5.74) is 4.73. The highest BCUT2D eigenvalue weighted by Gasteiger charge is 2.11. The van der Waals surface area contributed by atoms with Crippen molar-refractivity contribution in [2.24, 2.45) is 0 Å². The summed E-state index contributed by atoms with van der Waals surface area (Å²) >= 11 is 0. The highest BCUT2D eigenvalue weighted by Crippen LogP contribution is 2.33. The van der Waals surface area contributed by atoms with Crippen LogP contribution in [0.4, 0.5) is 0 Å². The van der Waals surface area contributed by atoms with Crippen LogP contribution in [0.25, 0.3) is 43.9 Å². The van der Waals surface area contributed by atoms with Gasteiger partial charge in [-0.15, -0.1) is 0 Å². The highest BCUT2D eigenvalue weighted by atomic mass is 16.3. The van der Waals surface area contributed by atoms with E-state index in [-0.39, 0.29) is 0 Å². The molecule has 0 spiro atoms. The summed E-state index contributed by atoms with van der Waals surface area (Å²) in [5, 5.41) is 3.32. The first kappa shape index (κ1) is 9.97. The Balaban J connectivity index is 2.05. The van der Waals surface area contributed by atoms with Crippen LogP contribution in [0.15, 0.2) is 53.3 Å². The van der Waals surface area contributed by atoms with Crippen LogP contribution >= 0.6 is 0 Å². The minimum atomic E-state index is 0.887. The summed E-state index contributed by atoms with van der Waals surface area (Å²) in [6.45, 7) is 0. The fourth-order valence-corrected chi connectivity index (χ4v) is 2.85. The van der Waals surface area contributed by atoms with Gasteiger partial charge in [0.25, 0.3) is 0 Å². The average Bonchev–Trinajstić information content (AvgIpc) is 3.02. The summed E-state index contributed by atoms with van der Waals surface area (Å²) in [6, 6.07) is 12.3. The fourth-order valence-electron chi connectivity index (χ4n) is 2.85. The van der Waals surface area contributed by atoms with Crippen molar-refractivity contribution in [2.75, 3.05) is 0 Å². The second-order valence-corrected chi connectivity index (χ2v) is 4.90. The molecule has 0 aliphatic heterocycles. The van der Waals surface area contributed by atoms with E-state index in [1.165, 1.54) is 0 Å². The molecule has 0 aliphatic carbocycles. The number of rotatable bonds is 0. The molecule has 4 nitrogen and oxygen atoms in total. The molecule has 0 amide bonds. The third-order valence-corrected chi connectivity index (χ3v) is 3.75. The van der Waals surface area contributed by atoms with Gasteiger partial charge in [-0.1, -0.05) is 18.2 Å². The van der Waals surface area contributed by atoms with Crippen LogP contribution in [0.2, 0.25) is 0 Å². The zero-order chi connectivity index (χ0) is 13.1. The molecule has 5 aromatic rings. The monoisotopic (exact) mass is 259 g/mol. The Morgan fingerprint density at radius 3 is 2.85 bits per heavy atom. The van der Waals surface area contributed by atoms with Gasteiger partial charge >= 0.3 is 0 Å². The van der Waals surface area contributed by atoms with Gasteiger partial charge in [-0.2, -0.15) is 0 Å². The number of H-pyrrole nitrogens is 1. The van der Waals surface area contributed by atoms with Gasteiger partial charge in [0.2, 0.25) is 0 Å². The first-order chi connectivity index (χ1) is 9.90. The molecule has 3 aromatic heterocycles. The van der Waals surface area contributed by atoms with Gasteiger partial charge in [0.1, 0.15) is 17.5 Å². The summed E-state index contributed by atoms with van der Waals surface area (Å²) < 4.78 is 5.92. The number of hydrogen-bond acceptors (Lipinski definition) is 3. The molecule has 0 aliphatic rings. The summed E-state index contributed by atoms with van der Waals surface area (Å²) in [4.78, 5) is 11.8. The van der Waals surface area contributed by atoms with Gasteiger partial charge in [-0.25, -0.2) is 9.97 Å². The molecule has 2 aromatic carbocycles. The number of para-hydroxylation sites is 1. The van der Waals surface area contributed by atoms with Crippen molar-refractivity contribution in [1.29, 1.82) is 0 Å². The lowest BCUT2D eigenvalue weighted by Gasteiger charge is -1.91. The topological polar surface area (TPSA) is 54.7 Å². The second kappa shape index (κ2) is 3.36. The largest absolute Gasteiger partial charge is 0.456 e. The van der Waals surface area contributed by atoms with Crippen molar-refractivity contribution < 1.29 is 4.42 Å². The second-order valence-electron chi connectivity index (χ2n) is 4.90. The molecule has 0 fully saturated rings. The van der Waals surface area contributed by atoms with Gasteiger partial charge < -0.3 is 9.40 Å². The Hall–Kier alpha value is -2.88. The molecule has 0 unspecified atom stereocenters. The number of aromatic amines is 1. The van der Waals surface area contributed by atoms with E-state index in [4.69, 9.17) is 4.42 Å². The van der Waals surface area contributed by atoms with Gasteiger partial charge in [0.15, 0.2) is 0 Å². The van der Waals surface area contributed by atoms with Crippen molar-refractivity contribution in [3.8, 4) is 0 Å². The van der Waals surface area contributed by atoms with Gasteiger partial charge in [-0.05, 0) is 18.2 Å². The summed E-state index contributed by atoms with van der Waals surface area (Å²) in [7, 11) is 0. The third-order valence-electron chi connectivity index (χ3n) is 3.75. The molecule has 0 atom stereocenters. The van der Waals surface area contributed by atoms with Crippen LogP contribution in [0.3, 0.4) is 0 Å². The molecular weight excluding hydrogens is 250 g/mol. The quantitative estimate of drug-likeness (QED) is 0.457. The number of furan rings is 1. The molecule has 0 radical (unpaired) electrons. The van der Waals surface area contributed by atoms with Crippen molar-refractivity contribution >= 4 is 43.9 Å². The van der Waals surface area contributed by atoms with E-state index in [0.29, 0.717) is 0 Å². The lowest BCUT2D eigenvalue weighted by Crippen LogP contribution is -1.75. The maximum Gasteiger partial charge on any atom is 0.136 e. The predicted molar refractivity (Wildman–Crippen MR) is 78.7 cm³/mol. The van der Waals surface area contributed by atoms with E-state index >= 15 is 0 Å². The van der Waals surface area contributed by atoms with Crippen molar-refractivity contribution in [3.63, 3.8) is 0 Å². The van der Waals surface area contributed by atoms with Crippen LogP contribution < -0.4 is 0 Å². The van der Waals surface area contributed by atoms with Gasteiger partial charge in [0.05, 0.1) is 17.2 Å². The Kier molecular flexibility index (Phi) is 1.68. The SMILES string of the molecule is c1ccc2c(c1)oc1cc3c(cc12)[nH]c1cncnc13. The maximum atomic E-state index is 5.92. The molecule has 20 heavy (non-hydrogen) atoms. The van der Waals surface area contributed by atoms with Crippen LogP contribution in [0, 0.1) is 0 Å². The Labute approximate surface area is 113 Å². The summed E-state index contributed by atoms with van der Waals surface area (Å²) in [6.07, 6.45) is 3.36. The molecule has 3 heterocycles. The smallest absolute Gasteiger partial charge is 0.136 e. The zero-order valence-corrected chi connectivity index (χ0v) is 10.4. The lowest BCUT2D eigenvalue weighted by molar-refractivity contribution is 0.669. The van der Waals surface area contributed by atoms with E-state index in [2.05, 4.69) is 33.2 Å². The molecule has 94 valence electrons. The molecule has 0 saturated carbocycles. The first-order valence-corrected chi connectivity index (χ1v) is 6.43. The fraction of sp³-hybridized carbons (Fsp3) is 0. The van der Waals surface area contributed by atoms with Crippen molar-refractivity contribution in [2.45, 2.75) is 0 Å². The molecule has 5 rings (SSSR count). The van der Waals surface area contributed by atoms with Gasteiger partial charge in [0, 0.05) is 21.7 Å². The number of hydrogen-bond donors (Lipinski definition) is 1. The van der Waals surface area contributed by atoms with Crippen LogP contribution in [-0.4, -0.2) is 15.0 Å². The maximum absolute atomic E-state index is 5.92. The van der Waals surface area contributed by atoms with Crippen molar-refractivity contribution in [1.82, 2.24) is 15.0 Å². The first-order valence-electron chi connectivity index (χ1n) is 6.43. The van der Waals surface area contributed by atoms with Crippen LogP contribution in [0.1, 0.15) is 0 Å².